The summed E-state index contributed by atoms with van der Waals surface area (Å²) in [6.45, 7) is 4.64. The summed E-state index contributed by atoms with van der Waals surface area (Å²) in [7, 11) is 2.00. The summed E-state index contributed by atoms with van der Waals surface area (Å²) >= 11 is 0. The monoisotopic (exact) mass is 382 g/mol. The van der Waals surface area contributed by atoms with Crippen LogP contribution < -0.4 is 4.90 Å². The molecule has 6 atom stereocenters. The van der Waals surface area contributed by atoms with Gasteiger partial charge in [-0.25, -0.2) is 0 Å². The highest BCUT2D eigenvalue weighted by Gasteiger charge is 2.67. The van der Waals surface area contributed by atoms with Gasteiger partial charge in [0.1, 0.15) is 6.10 Å². The van der Waals surface area contributed by atoms with Crippen molar-refractivity contribution in [3.05, 3.63) is 41.6 Å². The number of ether oxygens (including phenoxy) is 1. The van der Waals surface area contributed by atoms with Gasteiger partial charge in [-0.1, -0.05) is 18.2 Å². The molecular weight excluding hydrogens is 356 g/mol. The number of aliphatic hydroxyl groups excluding tert-OH is 1. The van der Waals surface area contributed by atoms with Crippen LogP contribution in [-0.2, 0) is 19.7 Å². The van der Waals surface area contributed by atoms with Gasteiger partial charge in [0.25, 0.3) is 0 Å². The van der Waals surface area contributed by atoms with E-state index in [1.54, 1.807) is 11.8 Å². The van der Waals surface area contributed by atoms with Crippen molar-refractivity contribution in [2.45, 2.75) is 43.9 Å². The molecule has 1 spiro atoms. The van der Waals surface area contributed by atoms with Crippen molar-refractivity contribution >= 4 is 17.4 Å². The Balaban J connectivity index is 1.81. The van der Waals surface area contributed by atoms with Crippen molar-refractivity contribution in [3.63, 3.8) is 0 Å². The number of carbonyl (C=O) groups excluding carboxylic acids is 2. The first-order valence-electron chi connectivity index (χ1n) is 10.0. The van der Waals surface area contributed by atoms with Gasteiger partial charge in [-0.3, -0.25) is 9.59 Å². The standard InChI is InChI=1S/C22H26N2O4/c1-12-14-10-23(3)9-8-22-16-6-4-5-7-17(16)24(13(2)25)20(22)15(11-28-12)18(14)19(26)21(22)27/h4-7,10,12,15,18-20,26H,8-9,11H2,1-3H3/b14-10-/t12?,15-,18+,19+,20+,22?/m1/s1. The summed E-state index contributed by atoms with van der Waals surface area (Å²) in [5.74, 6) is -0.673. The van der Waals surface area contributed by atoms with Crippen LogP contribution in [0.2, 0.25) is 0 Å². The maximum atomic E-state index is 13.8. The molecule has 148 valence electrons. The zero-order chi connectivity index (χ0) is 19.8. The van der Waals surface area contributed by atoms with E-state index in [9.17, 15) is 14.7 Å². The Labute approximate surface area is 164 Å². The van der Waals surface area contributed by atoms with E-state index < -0.39 is 11.5 Å². The summed E-state index contributed by atoms with van der Waals surface area (Å²) in [5, 5.41) is 11.2. The quantitative estimate of drug-likeness (QED) is 0.736. The number of Topliss-reactive ketones (excluding diaryl/α,β-unsaturated/α-hetero) is 1. The van der Waals surface area contributed by atoms with Gasteiger partial charge >= 0.3 is 0 Å². The van der Waals surface area contributed by atoms with Gasteiger partial charge in [0.2, 0.25) is 5.91 Å². The van der Waals surface area contributed by atoms with Crippen molar-refractivity contribution in [2.75, 3.05) is 25.1 Å². The van der Waals surface area contributed by atoms with Gasteiger partial charge in [-0.05, 0) is 30.5 Å². The number of para-hydroxylation sites is 1. The second kappa shape index (κ2) is 5.91. The first kappa shape index (κ1) is 17.9. The molecule has 3 heterocycles. The zero-order valence-electron chi connectivity index (χ0n) is 16.5. The fourth-order valence-corrected chi connectivity index (χ4v) is 6.16. The Morgan fingerprint density at radius 3 is 2.82 bits per heavy atom. The minimum absolute atomic E-state index is 0.0704. The summed E-state index contributed by atoms with van der Waals surface area (Å²) in [6.07, 6.45) is 1.37. The lowest BCUT2D eigenvalue weighted by molar-refractivity contribution is -0.150. The van der Waals surface area contributed by atoms with Gasteiger partial charge in [-0.15, -0.1) is 0 Å². The van der Waals surface area contributed by atoms with Crippen molar-refractivity contribution < 1.29 is 19.4 Å². The maximum Gasteiger partial charge on any atom is 0.224 e. The van der Waals surface area contributed by atoms with Crippen LogP contribution in [0, 0.1) is 11.8 Å². The lowest BCUT2D eigenvalue weighted by atomic mass is 9.55. The predicted molar refractivity (Wildman–Crippen MR) is 104 cm³/mol. The summed E-state index contributed by atoms with van der Waals surface area (Å²) in [4.78, 5) is 30.5. The smallest absolute Gasteiger partial charge is 0.224 e. The molecule has 1 aromatic rings. The molecular formula is C22H26N2O4. The molecule has 0 aromatic heterocycles. The van der Waals surface area contributed by atoms with E-state index in [0.717, 1.165) is 16.8 Å². The molecule has 1 saturated heterocycles. The van der Waals surface area contributed by atoms with Gasteiger partial charge in [0, 0.05) is 44.2 Å². The van der Waals surface area contributed by atoms with Crippen molar-refractivity contribution in [1.29, 1.82) is 0 Å². The first-order valence-corrected chi connectivity index (χ1v) is 10.0. The summed E-state index contributed by atoms with van der Waals surface area (Å²) < 4.78 is 6.10. The van der Waals surface area contributed by atoms with E-state index >= 15 is 0 Å². The van der Waals surface area contributed by atoms with E-state index in [0.29, 0.717) is 19.6 Å². The molecule has 2 bridgehead atoms. The third kappa shape index (κ3) is 2.05. The lowest BCUT2D eigenvalue weighted by Gasteiger charge is -2.53. The Kier molecular flexibility index (Phi) is 3.77. The molecule has 2 unspecified atom stereocenters. The Morgan fingerprint density at radius 2 is 2.07 bits per heavy atom. The van der Waals surface area contributed by atoms with Crippen molar-refractivity contribution in [2.24, 2.45) is 11.8 Å². The van der Waals surface area contributed by atoms with Crippen LogP contribution in [0.1, 0.15) is 25.8 Å². The normalized spacial score (nSPS) is 40.8. The number of carbonyl (C=O) groups is 2. The minimum Gasteiger partial charge on any atom is -0.385 e. The topological polar surface area (TPSA) is 70.1 Å². The molecule has 1 aliphatic carbocycles. The Bertz CT molecular complexity index is 896. The molecule has 1 N–H and O–H groups in total. The summed E-state index contributed by atoms with van der Waals surface area (Å²) in [6, 6.07) is 7.37. The average Bonchev–Trinajstić information content (AvgIpc) is 3.00. The minimum atomic E-state index is -1.08. The number of aliphatic hydroxyl groups is 1. The zero-order valence-corrected chi connectivity index (χ0v) is 16.5. The molecule has 0 radical (unpaired) electrons. The third-order valence-electron chi connectivity index (χ3n) is 7.30. The highest BCUT2D eigenvalue weighted by molar-refractivity contribution is 6.06. The van der Waals surface area contributed by atoms with Gasteiger partial charge in [0.15, 0.2) is 5.78 Å². The molecule has 1 aromatic carbocycles. The second-order valence-electron chi connectivity index (χ2n) is 8.66. The molecule has 4 aliphatic rings. The van der Waals surface area contributed by atoms with Crippen LogP contribution in [0.5, 0.6) is 0 Å². The highest BCUT2D eigenvalue weighted by atomic mass is 16.5. The summed E-state index contributed by atoms with van der Waals surface area (Å²) in [5.41, 5.74) is 1.72. The third-order valence-corrected chi connectivity index (χ3v) is 7.30. The highest BCUT2D eigenvalue weighted by Crippen LogP contribution is 2.58. The SMILES string of the molecule is CC(=O)N1c2ccccc2C23CCN(C)/C=C4/C(C)OC[C@H]([C@H]4[C@H](O)C2=O)[C@H]13. The maximum absolute atomic E-state index is 13.8. The average molecular weight is 382 g/mol. The number of amides is 1. The Hall–Kier alpha value is -2.18. The van der Waals surface area contributed by atoms with Gasteiger partial charge < -0.3 is 19.6 Å². The molecule has 3 aliphatic heterocycles. The van der Waals surface area contributed by atoms with Gasteiger partial charge in [0.05, 0.1) is 24.2 Å². The van der Waals surface area contributed by atoms with Crippen LogP contribution >= 0.6 is 0 Å². The van der Waals surface area contributed by atoms with Crippen LogP contribution in [-0.4, -0.2) is 60.1 Å². The lowest BCUT2D eigenvalue weighted by Crippen LogP contribution is -2.67. The number of hydrogen-bond donors (Lipinski definition) is 1. The number of anilines is 1. The van der Waals surface area contributed by atoms with Crippen LogP contribution in [0.15, 0.2) is 36.0 Å². The number of benzene rings is 1. The predicted octanol–water partition coefficient (Wildman–Crippen LogP) is 1.47. The number of ketones is 1. The first-order chi connectivity index (χ1) is 13.4. The number of rotatable bonds is 0. The molecule has 5 rings (SSSR count). The Morgan fingerprint density at radius 1 is 1.32 bits per heavy atom. The van der Waals surface area contributed by atoms with Crippen molar-refractivity contribution in [1.82, 2.24) is 4.90 Å². The van der Waals surface area contributed by atoms with E-state index in [4.69, 9.17) is 4.74 Å². The van der Waals surface area contributed by atoms with Crippen LogP contribution in [0.25, 0.3) is 0 Å². The second-order valence-corrected chi connectivity index (χ2v) is 8.66. The van der Waals surface area contributed by atoms with Crippen LogP contribution in [0.3, 0.4) is 0 Å². The van der Waals surface area contributed by atoms with E-state index in [1.165, 1.54) is 0 Å². The molecule has 28 heavy (non-hydrogen) atoms. The number of fused-ring (bicyclic) bond motifs is 3. The van der Waals surface area contributed by atoms with E-state index in [-0.39, 0.29) is 35.7 Å². The molecule has 1 saturated carbocycles. The van der Waals surface area contributed by atoms with E-state index in [1.807, 2.05) is 44.4 Å². The van der Waals surface area contributed by atoms with Crippen LogP contribution in [0.4, 0.5) is 5.69 Å². The number of hydrogen-bond acceptors (Lipinski definition) is 5. The fraction of sp³-hybridized carbons (Fsp3) is 0.545. The number of nitrogens with zero attached hydrogens (tertiary/aromatic N) is 2. The molecule has 6 nitrogen and oxygen atoms in total. The molecule has 1 amide bonds. The molecule has 6 heteroatoms. The van der Waals surface area contributed by atoms with Crippen molar-refractivity contribution in [3.8, 4) is 0 Å². The largest absolute Gasteiger partial charge is 0.385 e. The fourth-order valence-electron chi connectivity index (χ4n) is 6.16. The van der Waals surface area contributed by atoms with Gasteiger partial charge in [-0.2, -0.15) is 0 Å². The van der Waals surface area contributed by atoms with E-state index in [2.05, 4.69) is 4.90 Å². The molecule has 2 fully saturated rings.